The van der Waals surface area contributed by atoms with Gasteiger partial charge in [0.2, 0.25) is 0 Å². The summed E-state index contributed by atoms with van der Waals surface area (Å²) in [6.07, 6.45) is 1.33. The predicted octanol–water partition coefficient (Wildman–Crippen LogP) is 3.60. The van der Waals surface area contributed by atoms with Crippen molar-refractivity contribution in [3.05, 3.63) is 84.2 Å². The number of H-pyrrole nitrogens is 1. The number of benzene rings is 2. The molecule has 4 aromatic rings. The molecule has 2 aromatic carbocycles. The highest BCUT2D eigenvalue weighted by molar-refractivity contribution is 5.89. The van der Waals surface area contributed by atoms with Gasteiger partial charge in [-0.05, 0) is 45.9 Å². The average molecular weight is 448 g/mol. The fraction of sp³-hybridized carbons (Fsp3) is 0.261. The molecule has 170 valence electrons. The van der Waals surface area contributed by atoms with E-state index in [0.29, 0.717) is 41.1 Å². The van der Waals surface area contributed by atoms with E-state index in [1.54, 1.807) is 11.5 Å². The van der Waals surface area contributed by atoms with Crippen LogP contribution in [0.2, 0.25) is 0 Å². The summed E-state index contributed by atoms with van der Waals surface area (Å²) in [6, 6.07) is 10.4. The van der Waals surface area contributed by atoms with Gasteiger partial charge in [-0.25, -0.2) is 14.5 Å². The first kappa shape index (κ1) is 22.0. The van der Waals surface area contributed by atoms with Crippen LogP contribution in [0.5, 0.6) is 0 Å². The lowest BCUT2D eigenvalue weighted by molar-refractivity contribution is -0.383. The number of fused-ring (bicyclic) bond motifs is 1. The third-order valence-corrected chi connectivity index (χ3v) is 5.69. The second-order valence-corrected chi connectivity index (χ2v) is 7.74. The second-order valence-electron chi connectivity index (χ2n) is 7.74. The topological polar surface area (TPSA) is 120 Å². The maximum atomic E-state index is 13.0. The van der Waals surface area contributed by atoms with Gasteiger partial charge in [-0.2, -0.15) is 0 Å². The molecular formula is C23H24N6O4. The molecule has 0 aliphatic heterocycles. The van der Waals surface area contributed by atoms with Gasteiger partial charge in [0.1, 0.15) is 5.69 Å². The third kappa shape index (κ3) is 3.69. The molecule has 0 saturated carbocycles. The Morgan fingerprint density at radius 3 is 2.21 bits per heavy atom. The average Bonchev–Trinajstić information content (AvgIpc) is 3.22. The van der Waals surface area contributed by atoms with Crippen LogP contribution in [0.25, 0.3) is 16.7 Å². The molecule has 0 bridgehead atoms. The first-order valence-corrected chi connectivity index (χ1v) is 10.6. The van der Waals surface area contributed by atoms with E-state index in [1.165, 1.54) is 27.6 Å². The molecule has 0 amide bonds. The molecule has 0 spiro atoms. The molecule has 0 fully saturated rings. The second kappa shape index (κ2) is 8.38. The van der Waals surface area contributed by atoms with Crippen molar-refractivity contribution in [3.8, 4) is 5.69 Å². The highest BCUT2D eigenvalue weighted by Gasteiger charge is 2.21. The van der Waals surface area contributed by atoms with E-state index in [4.69, 9.17) is 0 Å². The molecule has 10 heteroatoms. The van der Waals surface area contributed by atoms with E-state index < -0.39 is 4.92 Å². The molecular weight excluding hydrogens is 424 g/mol. The standard InChI is InChI=1S/C23H24N6O4/c1-5-26-20-11-18(19(29(32)33)12-21(20)27(6-2)23(26)31)24-13-17-15(4)25-28(22(17)30)16-9-7-14(3)8-10-16/h7-13,25H,5-6H2,1-4H3. The Bertz CT molecular complexity index is 1520. The Labute approximate surface area is 188 Å². The van der Waals surface area contributed by atoms with Gasteiger partial charge in [0.15, 0.2) is 0 Å². The van der Waals surface area contributed by atoms with Crippen LogP contribution in [0.3, 0.4) is 0 Å². The van der Waals surface area contributed by atoms with Crippen molar-refractivity contribution in [1.82, 2.24) is 18.9 Å². The van der Waals surface area contributed by atoms with Gasteiger partial charge in [0, 0.05) is 31.1 Å². The van der Waals surface area contributed by atoms with E-state index in [9.17, 15) is 19.7 Å². The summed E-state index contributed by atoms with van der Waals surface area (Å²) in [5.41, 5.74) is 2.96. The zero-order valence-electron chi connectivity index (χ0n) is 18.8. The highest BCUT2D eigenvalue weighted by atomic mass is 16.6. The number of rotatable bonds is 6. The Morgan fingerprint density at radius 1 is 1.03 bits per heavy atom. The molecule has 33 heavy (non-hydrogen) atoms. The van der Waals surface area contributed by atoms with Crippen molar-refractivity contribution in [2.24, 2.45) is 4.99 Å². The number of hydrogen-bond donors (Lipinski definition) is 1. The number of nitro benzene ring substituents is 1. The maximum Gasteiger partial charge on any atom is 0.329 e. The molecule has 0 unspecified atom stereocenters. The highest BCUT2D eigenvalue weighted by Crippen LogP contribution is 2.32. The van der Waals surface area contributed by atoms with E-state index in [1.807, 2.05) is 45.0 Å². The summed E-state index contributed by atoms with van der Waals surface area (Å²) in [6.45, 7) is 8.15. The molecule has 2 aromatic heterocycles. The molecule has 0 atom stereocenters. The van der Waals surface area contributed by atoms with Crippen LogP contribution in [-0.2, 0) is 13.1 Å². The molecule has 0 aliphatic rings. The van der Waals surface area contributed by atoms with Crippen molar-refractivity contribution in [3.63, 3.8) is 0 Å². The number of nitrogens with zero attached hydrogens (tertiary/aromatic N) is 5. The van der Waals surface area contributed by atoms with E-state index in [-0.39, 0.29) is 22.6 Å². The van der Waals surface area contributed by atoms with Crippen LogP contribution in [0.15, 0.2) is 51.0 Å². The summed E-state index contributed by atoms with van der Waals surface area (Å²) in [4.78, 5) is 41.1. The smallest absolute Gasteiger partial charge is 0.295 e. The number of imidazole rings is 1. The van der Waals surface area contributed by atoms with E-state index >= 15 is 0 Å². The monoisotopic (exact) mass is 448 g/mol. The number of aryl methyl sites for hydroxylation is 4. The zero-order valence-corrected chi connectivity index (χ0v) is 18.8. The van der Waals surface area contributed by atoms with Gasteiger partial charge in [0.05, 0.1) is 27.2 Å². The van der Waals surface area contributed by atoms with Crippen molar-refractivity contribution in [1.29, 1.82) is 0 Å². The third-order valence-electron chi connectivity index (χ3n) is 5.69. The van der Waals surface area contributed by atoms with Crippen molar-refractivity contribution in [2.45, 2.75) is 40.8 Å². The summed E-state index contributed by atoms with van der Waals surface area (Å²) in [5.74, 6) is 0. The first-order valence-electron chi connectivity index (χ1n) is 10.6. The molecule has 0 aliphatic carbocycles. The van der Waals surface area contributed by atoms with Crippen molar-refractivity contribution in [2.75, 3.05) is 0 Å². The number of aliphatic imine (C=N–C) groups is 1. The summed E-state index contributed by atoms with van der Waals surface area (Å²) in [5, 5.41) is 14.8. The molecule has 0 saturated heterocycles. The minimum Gasteiger partial charge on any atom is -0.295 e. The summed E-state index contributed by atoms with van der Waals surface area (Å²) < 4.78 is 4.45. The van der Waals surface area contributed by atoms with Crippen LogP contribution < -0.4 is 11.2 Å². The largest absolute Gasteiger partial charge is 0.329 e. The van der Waals surface area contributed by atoms with Crippen LogP contribution in [0.4, 0.5) is 11.4 Å². The number of nitro groups is 1. The van der Waals surface area contributed by atoms with Crippen molar-refractivity contribution < 1.29 is 4.92 Å². The fourth-order valence-corrected chi connectivity index (χ4v) is 3.92. The number of nitrogens with one attached hydrogen (secondary N) is 1. The van der Waals surface area contributed by atoms with Gasteiger partial charge in [0.25, 0.3) is 11.2 Å². The van der Waals surface area contributed by atoms with Gasteiger partial charge in [-0.1, -0.05) is 17.7 Å². The molecule has 4 rings (SSSR count). The van der Waals surface area contributed by atoms with E-state index in [2.05, 4.69) is 10.1 Å². The van der Waals surface area contributed by atoms with Gasteiger partial charge in [-0.3, -0.25) is 29.1 Å². The molecule has 10 nitrogen and oxygen atoms in total. The minimum absolute atomic E-state index is 0.0739. The molecule has 1 N–H and O–H groups in total. The lowest BCUT2D eigenvalue weighted by Crippen LogP contribution is -2.23. The van der Waals surface area contributed by atoms with Crippen molar-refractivity contribution >= 4 is 28.6 Å². The predicted molar refractivity (Wildman–Crippen MR) is 127 cm³/mol. The summed E-state index contributed by atoms with van der Waals surface area (Å²) >= 11 is 0. The Hall–Kier alpha value is -4.21. The van der Waals surface area contributed by atoms with Gasteiger partial charge >= 0.3 is 5.69 Å². The molecule has 2 heterocycles. The van der Waals surface area contributed by atoms with E-state index in [0.717, 1.165) is 5.56 Å². The van der Waals surface area contributed by atoms with Crippen LogP contribution >= 0.6 is 0 Å². The number of aromatic nitrogens is 4. The maximum absolute atomic E-state index is 13.0. The van der Waals surface area contributed by atoms with Gasteiger partial charge < -0.3 is 0 Å². The molecule has 0 radical (unpaired) electrons. The SMILES string of the molecule is CCn1c(=O)n(CC)c2cc([N+](=O)[O-])c(N=Cc3c(C)[nH]n(-c4ccc(C)cc4)c3=O)cc21. The normalized spacial score (nSPS) is 11.6. The lowest BCUT2D eigenvalue weighted by atomic mass is 10.2. The summed E-state index contributed by atoms with van der Waals surface area (Å²) in [7, 11) is 0. The quantitative estimate of drug-likeness (QED) is 0.275. The Morgan fingerprint density at radius 2 is 1.64 bits per heavy atom. The van der Waals surface area contributed by atoms with Crippen LogP contribution in [-0.4, -0.2) is 30.1 Å². The zero-order chi connectivity index (χ0) is 23.9. The number of aromatic amines is 1. The number of hydrogen-bond acceptors (Lipinski definition) is 5. The minimum atomic E-state index is -0.533. The fourth-order valence-electron chi connectivity index (χ4n) is 3.92. The van der Waals surface area contributed by atoms with Crippen LogP contribution in [0, 0.1) is 24.0 Å². The Balaban J connectivity index is 1.85. The lowest BCUT2D eigenvalue weighted by Gasteiger charge is -2.02. The Kier molecular flexibility index (Phi) is 5.59. The first-order chi connectivity index (χ1) is 15.8. The van der Waals surface area contributed by atoms with Gasteiger partial charge in [-0.15, -0.1) is 0 Å². The van der Waals surface area contributed by atoms with Crippen LogP contribution in [0.1, 0.15) is 30.7 Å².